The molecule has 1 N–H and O–H groups in total. The van der Waals surface area contributed by atoms with Crippen LogP contribution in [-0.2, 0) is 18.6 Å². The van der Waals surface area contributed by atoms with Gasteiger partial charge in [0.05, 0.1) is 0 Å². The SMILES string of the molecule is CCCCCCCCCCCCCC(=O)O[C@H](C)CO[P+](=O)O. The lowest BCUT2D eigenvalue weighted by Gasteiger charge is -2.09. The Bertz CT molecular complexity index is 309. The summed E-state index contributed by atoms with van der Waals surface area (Å²) in [6.07, 6.45) is 13.6. The smallest absolute Gasteiger partial charge is 0.460 e. The third-order valence-electron chi connectivity index (χ3n) is 3.74. The Labute approximate surface area is 142 Å². The van der Waals surface area contributed by atoms with Crippen molar-refractivity contribution in [2.75, 3.05) is 6.61 Å². The molecular weight excluding hydrogens is 315 g/mol. The maximum absolute atomic E-state index is 11.5. The fraction of sp³-hybridized carbons (Fsp3) is 0.941. The van der Waals surface area contributed by atoms with Gasteiger partial charge in [-0.25, -0.2) is 0 Å². The molecule has 0 bridgehead atoms. The molecule has 0 radical (unpaired) electrons. The maximum Gasteiger partial charge on any atom is 0.694 e. The molecule has 0 saturated carbocycles. The van der Waals surface area contributed by atoms with Crippen LogP contribution in [0, 0.1) is 0 Å². The zero-order chi connectivity index (χ0) is 17.3. The molecule has 0 amide bonds. The van der Waals surface area contributed by atoms with Gasteiger partial charge in [0.25, 0.3) is 0 Å². The van der Waals surface area contributed by atoms with Crippen LogP contribution in [0.25, 0.3) is 0 Å². The summed E-state index contributed by atoms with van der Waals surface area (Å²) in [5.74, 6) is -0.259. The Kier molecular flexibility index (Phi) is 16.0. The summed E-state index contributed by atoms with van der Waals surface area (Å²) < 4.78 is 20.0. The van der Waals surface area contributed by atoms with E-state index in [4.69, 9.17) is 9.63 Å². The highest BCUT2D eigenvalue weighted by atomic mass is 31.1. The monoisotopic (exact) mass is 349 g/mol. The van der Waals surface area contributed by atoms with Crippen LogP contribution in [0.1, 0.15) is 90.9 Å². The van der Waals surface area contributed by atoms with E-state index in [9.17, 15) is 9.36 Å². The van der Waals surface area contributed by atoms with E-state index < -0.39 is 14.4 Å². The standard InChI is InChI=1S/C17H33O5P/c1-3-4-5-6-7-8-9-10-11-12-13-14-17(18)22-16(2)15-21-23(19)20/h16H,3-15H2,1-2H3/p+1/t16-/m1/s1. The molecule has 5 nitrogen and oxygen atoms in total. The van der Waals surface area contributed by atoms with Gasteiger partial charge in [-0.2, -0.15) is 0 Å². The lowest BCUT2D eigenvalue weighted by Crippen LogP contribution is -2.18. The zero-order valence-electron chi connectivity index (χ0n) is 14.8. The van der Waals surface area contributed by atoms with Gasteiger partial charge in [-0.15, -0.1) is 9.42 Å². The number of carbonyl (C=O) groups excluding carboxylic acids is 1. The summed E-state index contributed by atoms with van der Waals surface area (Å²) in [7, 11) is -2.63. The molecule has 136 valence electrons. The number of esters is 1. The Morgan fingerprint density at radius 1 is 0.957 bits per heavy atom. The number of carbonyl (C=O) groups is 1. The van der Waals surface area contributed by atoms with E-state index in [-0.39, 0.29) is 12.6 Å². The normalized spacial score (nSPS) is 12.9. The number of hydrogen-bond acceptors (Lipinski definition) is 4. The molecule has 6 heteroatoms. The molecule has 0 aromatic carbocycles. The molecule has 23 heavy (non-hydrogen) atoms. The van der Waals surface area contributed by atoms with Gasteiger partial charge in [0.15, 0.2) is 0 Å². The Hall–Kier alpha value is -0.510. The van der Waals surface area contributed by atoms with Gasteiger partial charge in [0, 0.05) is 11.0 Å². The van der Waals surface area contributed by atoms with Crippen LogP contribution in [0.15, 0.2) is 0 Å². The van der Waals surface area contributed by atoms with Gasteiger partial charge < -0.3 is 4.74 Å². The van der Waals surface area contributed by atoms with Crippen LogP contribution in [0.3, 0.4) is 0 Å². The zero-order valence-corrected chi connectivity index (χ0v) is 15.7. The number of hydrogen-bond donors (Lipinski definition) is 1. The summed E-state index contributed by atoms with van der Waals surface area (Å²) in [5.41, 5.74) is 0. The molecule has 0 heterocycles. The van der Waals surface area contributed by atoms with Crippen molar-refractivity contribution < 1.29 is 23.5 Å². The molecule has 0 aliphatic carbocycles. The largest absolute Gasteiger partial charge is 0.694 e. The van der Waals surface area contributed by atoms with Crippen molar-refractivity contribution >= 4 is 14.2 Å². The van der Waals surface area contributed by atoms with Crippen molar-refractivity contribution in [3.05, 3.63) is 0 Å². The van der Waals surface area contributed by atoms with Gasteiger partial charge in [-0.05, 0) is 13.3 Å². The van der Waals surface area contributed by atoms with Crippen molar-refractivity contribution in [1.29, 1.82) is 0 Å². The van der Waals surface area contributed by atoms with Crippen LogP contribution >= 0.6 is 8.25 Å². The molecule has 0 fully saturated rings. The maximum atomic E-state index is 11.5. The highest BCUT2D eigenvalue weighted by molar-refractivity contribution is 7.32. The van der Waals surface area contributed by atoms with Crippen molar-refractivity contribution in [1.82, 2.24) is 0 Å². The molecule has 1 unspecified atom stereocenters. The van der Waals surface area contributed by atoms with Crippen molar-refractivity contribution in [2.45, 2.75) is 97.0 Å². The number of ether oxygens (including phenoxy) is 1. The lowest BCUT2D eigenvalue weighted by atomic mass is 10.1. The summed E-state index contributed by atoms with van der Waals surface area (Å²) in [6.45, 7) is 3.84. The van der Waals surface area contributed by atoms with Crippen molar-refractivity contribution in [2.24, 2.45) is 0 Å². The first-order valence-electron chi connectivity index (χ1n) is 9.04. The molecule has 0 aromatic rings. The van der Waals surface area contributed by atoms with Crippen molar-refractivity contribution in [3.63, 3.8) is 0 Å². The topological polar surface area (TPSA) is 72.8 Å². The minimum atomic E-state index is -2.63. The second-order valence-corrected chi connectivity index (χ2v) is 6.85. The lowest BCUT2D eigenvalue weighted by molar-refractivity contribution is -0.149. The van der Waals surface area contributed by atoms with Crippen LogP contribution < -0.4 is 0 Å². The first-order chi connectivity index (χ1) is 11.1. The van der Waals surface area contributed by atoms with E-state index in [1.807, 2.05) is 0 Å². The molecular formula is C17H34O5P+. The third kappa shape index (κ3) is 17.7. The predicted octanol–water partition coefficient (Wildman–Crippen LogP) is 5.29. The van der Waals surface area contributed by atoms with Gasteiger partial charge >= 0.3 is 14.2 Å². The fourth-order valence-electron chi connectivity index (χ4n) is 2.42. The van der Waals surface area contributed by atoms with E-state index >= 15 is 0 Å². The minimum absolute atomic E-state index is 0.0459. The Balaban J connectivity index is 3.30. The molecule has 2 atom stereocenters. The first-order valence-corrected chi connectivity index (χ1v) is 10.2. The number of unbranched alkanes of at least 4 members (excludes halogenated alkanes) is 10. The average Bonchev–Trinajstić information content (AvgIpc) is 2.50. The fourth-order valence-corrected chi connectivity index (χ4v) is 2.76. The second-order valence-electron chi connectivity index (χ2n) is 6.12. The highest BCUT2D eigenvalue weighted by Crippen LogP contribution is 2.16. The molecule has 0 spiro atoms. The van der Waals surface area contributed by atoms with Crippen molar-refractivity contribution in [3.8, 4) is 0 Å². The highest BCUT2D eigenvalue weighted by Gasteiger charge is 2.17. The van der Waals surface area contributed by atoms with Gasteiger partial charge in [0.2, 0.25) is 0 Å². The summed E-state index contributed by atoms with van der Waals surface area (Å²) in [6, 6.07) is 0. The van der Waals surface area contributed by atoms with Gasteiger partial charge in [-0.1, -0.05) is 71.1 Å². The average molecular weight is 349 g/mol. The van der Waals surface area contributed by atoms with E-state index in [0.717, 1.165) is 12.8 Å². The summed E-state index contributed by atoms with van der Waals surface area (Å²) in [5, 5.41) is 0. The first kappa shape index (κ1) is 22.5. The Morgan fingerprint density at radius 3 is 1.91 bits per heavy atom. The molecule has 0 saturated heterocycles. The third-order valence-corrected chi connectivity index (χ3v) is 4.11. The van der Waals surface area contributed by atoms with E-state index in [2.05, 4.69) is 11.4 Å². The van der Waals surface area contributed by atoms with Crippen LogP contribution in [0.2, 0.25) is 0 Å². The number of rotatable bonds is 16. The second kappa shape index (κ2) is 16.4. The van der Waals surface area contributed by atoms with E-state index in [0.29, 0.717) is 6.42 Å². The minimum Gasteiger partial charge on any atom is -0.460 e. The van der Waals surface area contributed by atoms with Crippen LogP contribution in [0.4, 0.5) is 0 Å². The quantitative estimate of drug-likeness (QED) is 0.233. The Morgan fingerprint density at radius 2 is 1.43 bits per heavy atom. The van der Waals surface area contributed by atoms with Gasteiger partial charge in [-0.3, -0.25) is 4.79 Å². The summed E-state index contributed by atoms with van der Waals surface area (Å²) in [4.78, 5) is 20.0. The van der Waals surface area contributed by atoms with Crippen LogP contribution in [0.5, 0.6) is 0 Å². The molecule has 0 aromatic heterocycles. The van der Waals surface area contributed by atoms with Gasteiger partial charge in [0.1, 0.15) is 12.7 Å². The van der Waals surface area contributed by atoms with Crippen LogP contribution in [-0.4, -0.2) is 23.6 Å². The van der Waals surface area contributed by atoms with E-state index in [1.165, 1.54) is 57.8 Å². The molecule has 0 rings (SSSR count). The summed E-state index contributed by atoms with van der Waals surface area (Å²) >= 11 is 0. The van der Waals surface area contributed by atoms with E-state index in [1.54, 1.807) is 6.92 Å². The molecule has 0 aliphatic heterocycles. The molecule has 0 aliphatic rings. The predicted molar refractivity (Wildman–Crippen MR) is 92.4 cm³/mol.